The van der Waals surface area contributed by atoms with E-state index in [9.17, 15) is 4.39 Å². The minimum Gasteiger partial charge on any atom is -0.330 e. The Morgan fingerprint density at radius 1 is 1.17 bits per heavy atom. The zero-order valence-corrected chi connectivity index (χ0v) is 11.0. The van der Waals surface area contributed by atoms with E-state index in [1.807, 2.05) is 12.1 Å². The van der Waals surface area contributed by atoms with Crippen LogP contribution in [0.15, 0.2) is 18.2 Å². The summed E-state index contributed by atoms with van der Waals surface area (Å²) in [7, 11) is 0. The number of halogens is 1. The number of piperidine rings is 1. The Bertz CT molecular complexity index is 373. The summed E-state index contributed by atoms with van der Waals surface area (Å²) in [5.41, 5.74) is 7.35. The van der Waals surface area contributed by atoms with Crippen LogP contribution in [0.2, 0.25) is 0 Å². The van der Waals surface area contributed by atoms with Crippen molar-refractivity contribution in [3.63, 3.8) is 0 Å². The van der Waals surface area contributed by atoms with Crippen molar-refractivity contribution in [2.24, 2.45) is 5.73 Å². The van der Waals surface area contributed by atoms with Crippen molar-refractivity contribution < 1.29 is 4.39 Å². The molecule has 1 aliphatic heterocycles. The molecule has 0 radical (unpaired) electrons. The summed E-state index contributed by atoms with van der Waals surface area (Å²) in [5.74, 6) is -0.0601. The molecule has 0 bridgehead atoms. The van der Waals surface area contributed by atoms with Crippen molar-refractivity contribution in [1.82, 2.24) is 4.90 Å². The van der Waals surface area contributed by atoms with Crippen LogP contribution in [-0.4, -0.2) is 24.5 Å². The van der Waals surface area contributed by atoms with Gasteiger partial charge in [-0.25, -0.2) is 4.39 Å². The molecule has 0 aliphatic carbocycles. The Labute approximate surface area is 109 Å². The molecule has 3 heteroatoms. The molecule has 2 rings (SSSR count). The van der Waals surface area contributed by atoms with E-state index in [0.29, 0.717) is 6.54 Å². The third-order valence-electron chi connectivity index (χ3n) is 3.63. The topological polar surface area (TPSA) is 29.3 Å². The number of nitrogens with two attached hydrogens (primary N) is 1. The maximum atomic E-state index is 14.0. The number of hydrogen-bond acceptors (Lipinski definition) is 2. The summed E-state index contributed by atoms with van der Waals surface area (Å²) < 4.78 is 14.0. The molecule has 1 aliphatic rings. The van der Waals surface area contributed by atoms with E-state index in [-0.39, 0.29) is 5.82 Å². The molecular formula is C15H23FN2. The fraction of sp³-hybridized carbons (Fsp3) is 0.600. The number of nitrogens with zero attached hydrogens (tertiary/aromatic N) is 1. The van der Waals surface area contributed by atoms with Crippen LogP contribution >= 0.6 is 0 Å². The van der Waals surface area contributed by atoms with Crippen molar-refractivity contribution in [2.45, 2.75) is 38.6 Å². The van der Waals surface area contributed by atoms with Gasteiger partial charge in [0.1, 0.15) is 5.82 Å². The SMILES string of the molecule is NCCCc1ccc(CN2CCCCC2)c(F)c1. The van der Waals surface area contributed by atoms with Crippen molar-refractivity contribution in [3.05, 3.63) is 35.1 Å². The molecule has 0 saturated carbocycles. The van der Waals surface area contributed by atoms with Gasteiger partial charge in [0.2, 0.25) is 0 Å². The zero-order chi connectivity index (χ0) is 12.8. The van der Waals surface area contributed by atoms with Gasteiger partial charge in [-0.3, -0.25) is 4.90 Å². The summed E-state index contributed by atoms with van der Waals surface area (Å²) in [5, 5.41) is 0. The fourth-order valence-corrected chi connectivity index (χ4v) is 2.54. The van der Waals surface area contributed by atoms with Crippen LogP contribution < -0.4 is 5.73 Å². The van der Waals surface area contributed by atoms with Crippen LogP contribution in [-0.2, 0) is 13.0 Å². The predicted molar refractivity (Wildman–Crippen MR) is 72.9 cm³/mol. The van der Waals surface area contributed by atoms with Crippen LogP contribution in [0.5, 0.6) is 0 Å². The van der Waals surface area contributed by atoms with E-state index in [0.717, 1.165) is 43.6 Å². The normalized spacial score (nSPS) is 17.0. The van der Waals surface area contributed by atoms with Gasteiger partial charge in [0.05, 0.1) is 0 Å². The number of rotatable bonds is 5. The first-order chi connectivity index (χ1) is 8.79. The molecule has 2 N–H and O–H groups in total. The maximum Gasteiger partial charge on any atom is 0.127 e. The lowest BCUT2D eigenvalue weighted by molar-refractivity contribution is 0.218. The molecule has 0 spiro atoms. The summed E-state index contributed by atoms with van der Waals surface area (Å²) in [6.45, 7) is 3.63. The van der Waals surface area contributed by atoms with Gasteiger partial charge in [-0.1, -0.05) is 18.6 Å². The van der Waals surface area contributed by atoms with Gasteiger partial charge in [-0.05, 0) is 56.9 Å². The Hall–Kier alpha value is -0.930. The molecule has 18 heavy (non-hydrogen) atoms. The molecule has 2 nitrogen and oxygen atoms in total. The highest BCUT2D eigenvalue weighted by Gasteiger charge is 2.12. The minimum atomic E-state index is -0.0601. The third kappa shape index (κ3) is 3.79. The molecule has 0 atom stereocenters. The Morgan fingerprint density at radius 2 is 1.94 bits per heavy atom. The average Bonchev–Trinajstić information content (AvgIpc) is 2.40. The standard InChI is InChI=1S/C15H23FN2/c16-15-11-13(5-4-8-17)6-7-14(15)12-18-9-2-1-3-10-18/h6-7,11H,1-5,8-10,12,17H2. The molecule has 100 valence electrons. The summed E-state index contributed by atoms with van der Waals surface area (Å²) in [6, 6.07) is 5.66. The summed E-state index contributed by atoms with van der Waals surface area (Å²) in [6.07, 6.45) is 5.60. The average molecular weight is 250 g/mol. The highest BCUT2D eigenvalue weighted by atomic mass is 19.1. The van der Waals surface area contributed by atoms with Gasteiger partial charge >= 0.3 is 0 Å². The lowest BCUT2D eigenvalue weighted by atomic mass is 10.1. The smallest absolute Gasteiger partial charge is 0.127 e. The quantitative estimate of drug-likeness (QED) is 0.870. The van der Waals surface area contributed by atoms with Crippen LogP contribution in [0.4, 0.5) is 4.39 Å². The monoisotopic (exact) mass is 250 g/mol. The van der Waals surface area contributed by atoms with Gasteiger partial charge in [-0.15, -0.1) is 0 Å². The van der Waals surface area contributed by atoms with Gasteiger partial charge in [0.15, 0.2) is 0 Å². The molecule has 1 aromatic rings. The first kappa shape index (κ1) is 13.5. The highest BCUT2D eigenvalue weighted by Crippen LogP contribution is 2.17. The lowest BCUT2D eigenvalue weighted by Gasteiger charge is -2.26. The number of likely N-dealkylation sites (tertiary alicyclic amines) is 1. The van der Waals surface area contributed by atoms with E-state index in [1.54, 1.807) is 6.07 Å². The molecule has 1 fully saturated rings. The van der Waals surface area contributed by atoms with Crippen LogP contribution in [0.3, 0.4) is 0 Å². The van der Waals surface area contributed by atoms with Gasteiger partial charge < -0.3 is 5.73 Å². The maximum absolute atomic E-state index is 14.0. The minimum absolute atomic E-state index is 0.0601. The second-order valence-corrected chi connectivity index (χ2v) is 5.15. The molecular weight excluding hydrogens is 227 g/mol. The lowest BCUT2D eigenvalue weighted by Crippen LogP contribution is -2.29. The third-order valence-corrected chi connectivity index (χ3v) is 3.63. The van der Waals surface area contributed by atoms with E-state index in [2.05, 4.69) is 4.90 Å². The van der Waals surface area contributed by atoms with E-state index in [4.69, 9.17) is 5.73 Å². The van der Waals surface area contributed by atoms with E-state index in [1.165, 1.54) is 19.3 Å². The predicted octanol–water partition coefficient (Wildman–Crippen LogP) is 2.70. The van der Waals surface area contributed by atoms with E-state index < -0.39 is 0 Å². The fourth-order valence-electron chi connectivity index (χ4n) is 2.54. The van der Waals surface area contributed by atoms with Crippen LogP contribution in [0.1, 0.15) is 36.8 Å². The van der Waals surface area contributed by atoms with Gasteiger partial charge in [0.25, 0.3) is 0 Å². The van der Waals surface area contributed by atoms with Crippen molar-refractivity contribution in [2.75, 3.05) is 19.6 Å². The van der Waals surface area contributed by atoms with Crippen LogP contribution in [0.25, 0.3) is 0 Å². The second-order valence-electron chi connectivity index (χ2n) is 5.15. The Balaban J connectivity index is 1.95. The van der Waals surface area contributed by atoms with Crippen molar-refractivity contribution in [3.8, 4) is 0 Å². The largest absolute Gasteiger partial charge is 0.330 e. The Kier molecular flexibility index (Phi) is 5.14. The summed E-state index contributed by atoms with van der Waals surface area (Å²) >= 11 is 0. The molecule has 1 aromatic carbocycles. The van der Waals surface area contributed by atoms with Crippen LogP contribution in [0, 0.1) is 5.82 Å². The summed E-state index contributed by atoms with van der Waals surface area (Å²) in [4.78, 5) is 2.35. The van der Waals surface area contributed by atoms with Crippen molar-refractivity contribution >= 4 is 0 Å². The molecule has 0 amide bonds. The van der Waals surface area contributed by atoms with Gasteiger partial charge in [-0.2, -0.15) is 0 Å². The molecule has 0 aromatic heterocycles. The van der Waals surface area contributed by atoms with E-state index >= 15 is 0 Å². The number of hydrogen-bond donors (Lipinski definition) is 1. The molecule has 1 heterocycles. The Morgan fingerprint density at radius 3 is 2.61 bits per heavy atom. The number of aryl methyl sites for hydroxylation is 1. The van der Waals surface area contributed by atoms with Crippen molar-refractivity contribution in [1.29, 1.82) is 0 Å². The zero-order valence-electron chi connectivity index (χ0n) is 11.0. The first-order valence-electron chi connectivity index (χ1n) is 6.99. The first-order valence-corrected chi connectivity index (χ1v) is 6.99. The molecule has 0 unspecified atom stereocenters. The number of benzene rings is 1. The molecule has 1 saturated heterocycles. The second kappa shape index (κ2) is 6.86. The van der Waals surface area contributed by atoms with Gasteiger partial charge in [0, 0.05) is 12.1 Å². The highest BCUT2D eigenvalue weighted by molar-refractivity contribution is 5.24.